The van der Waals surface area contributed by atoms with Crippen molar-refractivity contribution in [1.82, 2.24) is 5.32 Å². The number of rotatable bonds is 4. The third-order valence-electron chi connectivity index (χ3n) is 5.16. The average Bonchev–Trinajstić information content (AvgIpc) is 2.88. The highest BCUT2D eigenvalue weighted by Crippen LogP contribution is 2.44. The van der Waals surface area contributed by atoms with Crippen molar-refractivity contribution in [3.8, 4) is 0 Å². The van der Waals surface area contributed by atoms with Gasteiger partial charge < -0.3 is 10.4 Å². The normalized spacial score (nSPS) is 26.2. The van der Waals surface area contributed by atoms with Crippen molar-refractivity contribution >= 4 is 27.8 Å². The Bertz CT molecular complexity index is 580. The molecule has 2 saturated carbocycles. The first-order valence-corrected chi connectivity index (χ1v) is 8.60. The van der Waals surface area contributed by atoms with Gasteiger partial charge in [-0.05, 0) is 49.8 Å². The standard InChI is InChI=1S/C17H20BrNO3/c18-13-5-3-12(4-6-13)17(8-1-9-17)16(22)19-14-7-2-11(10-14)15(20)21/h3-6,11,14H,1-2,7-10H2,(H,19,22)(H,20,21)/t11-,14+/m0/s1. The van der Waals surface area contributed by atoms with Gasteiger partial charge in [-0.15, -0.1) is 0 Å². The van der Waals surface area contributed by atoms with Crippen LogP contribution in [0.4, 0.5) is 0 Å². The summed E-state index contributed by atoms with van der Waals surface area (Å²) in [4.78, 5) is 23.8. The molecule has 0 saturated heterocycles. The van der Waals surface area contributed by atoms with Gasteiger partial charge in [0.2, 0.25) is 5.91 Å². The summed E-state index contributed by atoms with van der Waals surface area (Å²) in [5.74, 6) is -0.990. The molecule has 2 N–H and O–H groups in total. The molecule has 118 valence electrons. The molecule has 0 heterocycles. The van der Waals surface area contributed by atoms with E-state index in [-0.39, 0.29) is 17.9 Å². The van der Waals surface area contributed by atoms with E-state index in [2.05, 4.69) is 21.2 Å². The molecule has 22 heavy (non-hydrogen) atoms. The smallest absolute Gasteiger partial charge is 0.306 e. The van der Waals surface area contributed by atoms with E-state index in [0.29, 0.717) is 12.8 Å². The molecule has 2 atom stereocenters. The second-order valence-corrected chi connectivity index (χ2v) is 7.38. The third kappa shape index (κ3) is 2.78. The number of aliphatic carboxylic acids is 1. The maximum Gasteiger partial charge on any atom is 0.306 e. The van der Waals surface area contributed by atoms with Gasteiger partial charge in [0.05, 0.1) is 11.3 Å². The highest BCUT2D eigenvalue weighted by Gasteiger charge is 2.46. The first-order valence-electron chi connectivity index (χ1n) is 7.81. The molecule has 4 nitrogen and oxygen atoms in total. The quantitative estimate of drug-likeness (QED) is 0.860. The summed E-state index contributed by atoms with van der Waals surface area (Å²) in [5, 5.41) is 12.2. The second-order valence-electron chi connectivity index (χ2n) is 6.46. The number of carboxylic acid groups (broad SMARTS) is 1. The molecule has 2 fully saturated rings. The molecule has 0 spiro atoms. The zero-order valence-electron chi connectivity index (χ0n) is 12.3. The maximum atomic E-state index is 12.8. The fraction of sp³-hybridized carbons (Fsp3) is 0.529. The van der Waals surface area contributed by atoms with Crippen molar-refractivity contribution in [3.63, 3.8) is 0 Å². The van der Waals surface area contributed by atoms with Gasteiger partial charge in [0.15, 0.2) is 0 Å². The van der Waals surface area contributed by atoms with Crippen molar-refractivity contribution in [2.24, 2.45) is 5.92 Å². The molecule has 5 heteroatoms. The molecule has 0 aromatic heterocycles. The monoisotopic (exact) mass is 365 g/mol. The van der Waals surface area contributed by atoms with Gasteiger partial charge in [0, 0.05) is 10.5 Å². The molecule has 2 aliphatic carbocycles. The topological polar surface area (TPSA) is 66.4 Å². The molecule has 0 aliphatic heterocycles. The van der Waals surface area contributed by atoms with Crippen molar-refractivity contribution in [2.75, 3.05) is 0 Å². The minimum absolute atomic E-state index is 0.00141. The van der Waals surface area contributed by atoms with Gasteiger partial charge in [-0.2, -0.15) is 0 Å². The van der Waals surface area contributed by atoms with E-state index in [9.17, 15) is 9.59 Å². The van der Waals surface area contributed by atoms with Crippen LogP contribution in [0.5, 0.6) is 0 Å². The van der Waals surface area contributed by atoms with E-state index >= 15 is 0 Å². The Hall–Kier alpha value is -1.36. The average molecular weight is 366 g/mol. The highest BCUT2D eigenvalue weighted by molar-refractivity contribution is 9.10. The van der Waals surface area contributed by atoms with Crippen LogP contribution in [0.15, 0.2) is 28.7 Å². The van der Waals surface area contributed by atoms with Crippen LogP contribution in [0.25, 0.3) is 0 Å². The van der Waals surface area contributed by atoms with Gasteiger partial charge in [-0.3, -0.25) is 9.59 Å². The fourth-order valence-electron chi connectivity index (χ4n) is 3.61. The summed E-state index contributed by atoms with van der Waals surface area (Å²) in [6.07, 6.45) is 4.78. The van der Waals surface area contributed by atoms with Crippen LogP contribution in [0.3, 0.4) is 0 Å². The zero-order valence-corrected chi connectivity index (χ0v) is 13.9. The molecule has 2 aliphatic rings. The van der Waals surface area contributed by atoms with Crippen molar-refractivity contribution < 1.29 is 14.7 Å². The summed E-state index contributed by atoms with van der Waals surface area (Å²) in [6, 6.07) is 7.97. The Morgan fingerprint density at radius 1 is 1.18 bits per heavy atom. The van der Waals surface area contributed by atoms with Gasteiger partial charge >= 0.3 is 5.97 Å². The number of benzene rings is 1. The van der Waals surface area contributed by atoms with Crippen LogP contribution < -0.4 is 5.32 Å². The van der Waals surface area contributed by atoms with E-state index in [1.807, 2.05) is 24.3 Å². The van der Waals surface area contributed by atoms with Gasteiger partial charge in [0.25, 0.3) is 0 Å². The third-order valence-corrected chi connectivity index (χ3v) is 5.68. The minimum atomic E-state index is -0.747. The predicted octanol–water partition coefficient (Wildman–Crippen LogP) is 3.24. The zero-order chi connectivity index (χ0) is 15.7. The largest absolute Gasteiger partial charge is 0.481 e. The Morgan fingerprint density at radius 2 is 1.86 bits per heavy atom. The van der Waals surface area contributed by atoms with Gasteiger partial charge in [-0.25, -0.2) is 0 Å². The number of nitrogens with one attached hydrogen (secondary N) is 1. The maximum absolute atomic E-state index is 12.8. The summed E-state index contributed by atoms with van der Waals surface area (Å²) < 4.78 is 1.01. The number of amides is 1. The summed E-state index contributed by atoms with van der Waals surface area (Å²) in [7, 11) is 0. The molecular formula is C17H20BrNO3. The summed E-state index contributed by atoms with van der Waals surface area (Å²) in [5.41, 5.74) is 0.648. The lowest BCUT2D eigenvalue weighted by atomic mass is 9.63. The number of carboxylic acids is 1. The molecule has 1 aromatic carbocycles. The van der Waals surface area contributed by atoms with Crippen LogP contribution in [-0.2, 0) is 15.0 Å². The van der Waals surface area contributed by atoms with Crippen LogP contribution in [0, 0.1) is 5.92 Å². The fourth-order valence-corrected chi connectivity index (χ4v) is 3.87. The molecule has 1 aromatic rings. The van der Waals surface area contributed by atoms with Crippen LogP contribution in [-0.4, -0.2) is 23.0 Å². The lowest BCUT2D eigenvalue weighted by Crippen LogP contribution is -2.51. The Kier molecular flexibility index (Phi) is 4.26. The Balaban J connectivity index is 1.70. The molecular weight excluding hydrogens is 346 g/mol. The molecule has 1 amide bonds. The van der Waals surface area contributed by atoms with E-state index in [1.165, 1.54) is 0 Å². The molecule has 3 rings (SSSR count). The number of hydrogen-bond donors (Lipinski definition) is 2. The van der Waals surface area contributed by atoms with Crippen LogP contribution in [0.2, 0.25) is 0 Å². The predicted molar refractivity (Wildman–Crippen MR) is 86.6 cm³/mol. The molecule has 0 radical (unpaired) electrons. The number of carbonyl (C=O) groups is 2. The summed E-state index contributed by atoms with van der Waals surface area (Å²) in [6.45, 7) is 0. The first-order chi connectivity index (χ1) is 10.5. The Labute approximate surface area is 138 Å². The lowest BCUT2D eigenvalue weighted by Gasteiger charge is -2.41. The van der Waals surface area contributed by atoms with E-state index in [0.717, 1.165) is 35.7 Å². The van der Waals surface area contributed by atoms with E-state index < -0.39 is 11.4 Å². The van der Waals surface area contributed by atoms with Crippen molar-refractivity contribution in [2.45, 2.75) is 50.0 Å². The number of carbonyl (C=O) groups excluding carboxylic acids is 1. The summed E-state index contributed by atoms with van der Waals surface area (Å²) >= 11 is 3.42. The van der Waals surface area contributed by atoms with E-state index in [4.69, 9.17) is 5.11 Å². The van der Waals surface area contributed by atoms with Gasteiger partial charge in [0.1, 0.15) is 0 Å². The first kappa shape index (κ1) is 15.5. The minimum Gasteiger partial charge on any atom is -0.481 e. The molecule has 0 unspecified atom stereocenters. The highest BCUT2D eigenvalue weighted by atomic mass is 79.9. The van der Waals surface area contributed by atoms with Crippen LogP contribution in [0.1, 0.15) is 44.1 Å². The second kappa shape index (κ2) is 6.03. The number of halogens is 1. The number of hydrogen-bond acceptors (Lipinski definition) is 2. The Morgan fingerprint density at radius 3 is 2.36 bits per heavy atom. The lowest BCUT2D eigenvalue weighted by molar-refractivity contribution is -0.141. The SMILES string of the molecule is O=C(O)[C@H]1CC[C@@H](NC(=O)C2(c3ccc(Br)cc3)CCC2)C1. The van der Waals surface area contributed by atoms with Crippen molar-refractivity contribution in [3.05, 3.63) is 34.3 Å². The van der Waals surface area contributed by atoms with E-state index in [1.54, 1.807) is 0 Å². The van der Waals surface area contributed by atoms with Gasteiger partial charge in [-0.1, -0.05) is 34.5 Å². The van der Waals surface area contributed by atoms with Crippen molar-refractivity contribution in [1.29, 1.82) is 0 Å². The molecule has 0 bridgehead atoms. The van der Waals surface area contributed by atoms with Crippen LogP contribution >= 0.6 is 15.9 Å².